The first-order valence-electron chi connectivity index (χ1n) is 11.5. The topological polar surface area (TPSA) is 109 Å². The number of nitrogens with one attached hydrogen (secondary N) is 1. The van der Waals surface area contributed by atoms with Gasteiger partial charge >= 0.3 is 12.0 Å². The monoisotopic (exact) mass is 510 g/mol. The molecule has 11 heteroatoms. The number of anilines is 1. The van der Waals surface area contributed by atoms with Crippen molar-refractivity contribution in [2.24, 2.45) is 0 Å². The summed E-state index contributed by atoms with van der Waals surface area (Å²) in [5.74, 6) is -0.225. The Balaban J connectivity index is 1.26. The molecule has 0 radical (unpaired) electrons. The predicted molar refractivity (Wildman–Crippen MR) is 134 cm³/mol. The van der Waals surface area contributed by atoms with E-state index in [0.717, 1.165) is 17.3 Å². The number of aromatic nitrogens is 2. The molecule has 1 saturated heterocycles. The third kappa shape index (κ3) is 6.42. The van der Waals surface area contributed by atoms with Crippen LogP contribution >= 0.6 is 11.8 Å². The second kappa shape index (κ2) is 11.3. The number of nitrogens with zero attached hydrogens (tertiary/aromatic N) is 4. The van der Waals surface area contributed by atoms with Crippen LogP contribution < -0.4 is 15.1 Å². The Morgan fingerprint density at radius 2 is 1.67 bits per heavy atom. The molecule has 1 fully saturated rings. The molecule has 3 aromatic rings. The largest absolute Gasteiger partial charge is 0.445 e. The van der Waals surface area contributed by atoms with Crippen molar-refractivity contribution in [1.29, 1.82) is 0 Å². The van der Waals surface area contributed by atoms with Crippen LogP contribution in [-0.4, -0.2) is 58.2 Å². The summed E-state index contributed by atoms with van der Waals surface area (Å²) in [6, 6.07) is 18.3. The fraction of sp³-hybridized carbons (Fsp3) is 0.320. The van der Waals surface area contributed by atoms with Crippen LogP contribution in [0.1, 0.15) is 29.8 Å². The Bertz CT molecular complexity index is 1190. The van der Waals surface area contributed by atoms with Crippen molar-refractivity contribution in [3.8, 4) is 0 Å². The van der Waals surface area contributed by atoms with E-state index in [-0.39, 0.29) is 29.6 Å². The SMILES string of the molecule is CC(C)(SC(=O)c1ccccc1)C(=O)Nc1c[n+](N2CCN(C(=O)OCc3ccccc3)CC2)no1. The smallest absolute Gasteiger partial charge is 0.410 e. The molecule has 1 aliphatic heterocycles. The van der Waals surface area contributed by atoms with Crippen LogP contribution in [0.3, 0.4) is 0 Å². The predicted octanol–water partition coefficient (Wildman–Crippen LogP) is 2.84. The highest BCUT2D eigenvalue weighted by atomic mass is 32.2. The van der Waals surface area contributed by atoms with Crippen molar-refractivity contribution in [1.82, 2.24) is 10.2 Å². The van der Waals surface area contributed by atoms with Crippen LogP contribution in [-0.2, 0) is 16.1 Å². The molecule has 1 aliphatic rings. The van der Waals surface area contributed by atoms with E-state index < -0.39 is 4.75 Å². The van der Waals surface area contributed by atoms with Crippen LogP contribution in [0.4, 0.5) is 10.7 Å². The van der Waals surface area contributed by atoms with Crippen molar-refractivity contribution >= 4 is 34.8 Å². The summed E-state index contributed by atoms with van der Waals surface area (Å²) in [5.41, 5.74) is 1.46. The lowest BCUT2D eigenvalue weighted by Crippen LogP contribution is -2.65. The highest BCUT2D eigenvalue weighted by molar-refractivity contribution is 8.15. The first-order valence-corrected chi connectivity index (χ1v) is 12.3. The summed E-state index contributed by atoms with van der Waals surface area (Å²) in [5, 5.41) is 8.36. The third-order valence-electron chi connectivity index (χ3n) is 5.61. The molecular formula is C25H28N5O5S+. The zero-order valence-corrected chi connectivity index (χ0v) is 20.9. The highest BCUT2D eigenvalue weighted by Gasteiger charge is 2.34. The van der Waals surface area contributed by atoms with Gasteiger partial charge in [0.15, 0.2) is 0 Å². The van der Waals surface area contributed by atoms with Crippen LogP contribution in [0.15, 0.2) is 71.4 Å². The van der Waals surface area contributed by atoms with Gasteiger partial charge in [0, 0.05) is 18.7 Å². The second-order valence-corrected chi connectivity index (χ2v) is 10.3. The minimum atomic E-state index is -1.03. The molecular weight excluding hydrogens is 482 g/mol. The number of rotatable bonds is 7. The normalized spacial score (nSPS) is 13.8. The van der Waals surface area contributed by atoms with Crippen LogP contribution in [0.5, 0.6) is 0 Å². The van der Waals surface area contributed by atoms with E-state index >= 15 is 0 Å². The average molecular weight is 511 g/mol. The Morgan fingerprint density at radius 1 is 1.03 bits per heavy atom. The van der Waals surface area contributed by atoms with Crippen LogP contribution in [0.25, 0.3) is 0 Å². The Labute approximate surface area is 213 Å². The van der Waals surface area contributed by atoms with Crippen molar-refractivity contribution in [2.45, 2.75) is 25.2 Å². The van der Waals surface area contributed by atoms with E-state index in [1.54, 1.807) is 49.2 Å². The van der Waals surface area contributed by atoms with E-state index in [4.69, 9.17) is 9.26 Å². The number of hydrogen-bond acceptors (Lipinski definition) is 8. The molecule has 1 aromatic heterocycles. The number of benzene rings is 2. The molecule has 2 aromatic carbocycles. The molecule has 0 spiro atoms. The van der Waals surface area contributed by atoms with Crippen molar-refractivity contribution in [3.05, 3.63) is 78.0 Å². The fourth-order valence-corrected chi connectivity index (χ4v) is 4.36. The molecule has 4 rings (SSSR count). The molecule has 2 amide bonds. The van der Waals surface area contributed by atoms with Gasteiger partial charge in [-0.15, -0.1) is 5.01 Å². The van der Waals surface area contributed by atoms with E-state index in [1.165, 1.54) is 4.79 Å². The Kier molecular flexibility index (Phi) is 7.89. The zero-order chi connectivity index (χ0) is 25.5. The standard InChI is InChI=1S/C25H27N5O5S/c1-25(2,36-22(31)20-11-7-4-8-12-20)23(32)26-21-17-30(27-35-21)29-15-13-28(14-16-29)24(33)34-18-19-9-5-3-6-10-19/h3-12,17H,13-16,18H2,1-2H3/p+1. The lowest BCUT2D eigenvalue weighted by molar-refractivity contribution is -0.759. The summed E-state index contributed by atoms with van der Waals surface area (Å²) in [6.07, 6.45) is 1.20. The van der Waals surface area contributed by atoms with Crippen molar-refractivity contribution in [2.75, 3.05) is 36.5 Å². The molecule has 0 bridgehead atoms. The number of piperazine rings is 1. The first-order chi connectivity index (χ1) is 17.3. The minimum Gasteiger partial charge on any atom is -0.445 e. The van der Waals surface area contributed by atoms with Crippen molar-refractivity contribution in [3.63, 3.8) is 0 Å². The summed E-state index contributed by atoms with van der Waals surface area (Å²) in [7, 11) is 0. The van der Waals surface area contributed by atoms with Gasteiger partial charge in [-0.2, -0.15) is 0 Å². The maximum Gasteiger partial charge on any atom is 0.410 e. The Hall–Kier alpha value is -3.86. The molecule has 1 N–H and O–H groups in total. The summed E-state index contributed by atoms with van der Waals surface area (Å²) < 4.78 is 9.64. The molecule has 10 nitrogen and oxygen atoms in total. The molecule has 0 saturated carbocycles. The Morgan fingerprint density at radius 3 is 2.33 bits per heavy atom. The second-order valence-electron chi connectivity index (χ2n) is 8.69. The van der Waals surface area contributed by atoms with E-state index in [1.807, 2.05) is 41.4 Å². The zero-order valence-electron chi connectivity index (χ0n) is 20.1. The fourth-order valence-electron chi connectivity index (χ4n) is 3.49. The maximum absolute atomic E-state index is 12.8. The number of carbonyl (C=O) groups is 3. The summed E-state index contributed by atoms with van der Waals surface area (Å²) >= 11 is 0.943. The summed E-state index contributed by atoms with van der Waals surface area (Å²) in [6.45, 7) is 5.52. The number of ether oxygens (including phenoxy) is 1. The molecule has 188 valence electrons. The van der Waals surface area contributed by atoms with Gasteiger partial charge in [-0.25, -0.2) is 4.79 Å². The number of carbonyl (C=O) groups excluding carboxylic acids is 3. The van der Waals surface area contributed by atoms with Crippen molar-refractivity contribution < 1.29 is 28.4 Å². The molecule has 0 aliphatic carbocycles. The van der Waals surface area contributed by atoms with Gasteiger partial charge in [0.25, 0.3) is 6.20 Å². The van der Waals surface area contributed by atoms with E-state index in [9.17, 15) is 14.4 Å². The van der Waals surface area contributed by atoms with Gasteiger partial charge in [0.1, 0.15) is 6.61 Å². The number of hydrogen-bond donors (Lipinski definition) is 1. The van der Waals surface area contributed by atoms with E-state index in [2.05, 4.69) is 10.6 Å². The highest BCUT2D eigenvalue weighted by Crippen LogP contribution is 2.29. The van der Waals surface area contributed by atoms with Gasteiger partial charge in [-0.3, -0.25) is 19.4 Å². The molecule has 0 atom stereocenters. The quantitative estimate of drug-likeness (QED) is 0.484. The minimum absolute atomic E-state index is 0.158. The maximum atomic E-state index is 12.8. The average Bonchev–Trinajstić information content (AvgIpc) is 3.36. The van der Waals surface area contributed by atoms with Crippen LogP contribution in [0.2, 0.25) is 0 Å². The van der Waals surface area contributed by atoms with Gasteiger partial charge in [0.05, 0.1) is 22.6 Å². The molecule has 36 heavy (non-hydrogen) atoms. The van der Waals surface area contributed by atoms with E-state index in [0.29, 0.717) is 31.7 Å². The van der Waals surface area contributed by atoms with Gasteiger partial charge < -0.3 is 9.64 Å². The van der Waals surface area contributed by atoms with Gasteiger partial charge in [0.2, 0.25) is 16.3 Å². The lowest BCUT2D eigenvalue weighted by atomic mass is 10.2. The molecule has 0 unspecified atom stereocenters. The lowest BCUT2D eigenvalue weighted by Gasteiger charge is -2.29. The van der Waals surface area contributed by atoms with Gasteiger partial charge in [-0.1, -0.05) is 72.4 Å². The third-order valence-corrected chi connectivity index (χ3v) is 6.72. The number of amides is 2. The summed E-state index contributed by atoms with van der Waals surface area (Å²) in [4.78, 5) is 40.8. The van der Waals surface area contributed by atoms with Crippen LogP contribution in [0, 0.1) is 0 Å². The first kappa shape index (κ1) is 25.2. The molecule has 2 heterocycles. The van der Waals surface area contributed by atoms with Gasteiger partial charge in [-0.05, 0) is 19.4 Å². The number of thioether (sulfide) groups is 1.